The van der Waals surface area contributed by atoms with Gasteiger partial charge in [0.2, 0.25) is 5.95 Å². The van der Waals surface area contributed by atoms with E-state index < -0.39 is 0 Å². The summed E-state index contributed by atoms with van der Waals surface area (Å²) < 4.78 is 7.20. The van der Waals surface area contributed by atoms with Gasteiger partial charge in [0, 0.05) is 18.8 Å². The molecule has 130 valence electrons. The van der Waals surface area contributed by atoms with Gasteiger partial charge in [0.15, 0.2) is 0 Å². The minimum Gasteiger partial charge on any atom is -0.497 e. The normalized spacial score (nSPS) is 10.8. The number of hydrogen-bond acceptors (Lipinski definition) is 5. The van der Waals surface area contributed by atoms with E-state index in [2.05, 4.69) is 32.4 Å². The van der Waals surface area contributed by atoms with Crippen molar-refractivity contribution in [1.82, 2.24) is 19.5 Å². The second-order valence-electron chi connectivity index (χ2n) is 5.87. The Labute approximate surface area is 151 Å². The van der Waals surface area contributed by atoms with Crippen molar-refractivity contribution < 1.29 is 4.74 Å². The molecule has 6 heteroatoms. The average molecular weight is 345 g/mol. The molecule has 2 heterocycles. The predicted molar refractivity (Wildman–Crippen MR) is 102 cm³/mol. The number of methoxy groups -OCH3 is 1. The highest BCUT2D eigenvalue weighted by Gasteiger charge is 2.08. The van der Waals surface area contributed by atoms with Crippen LogP contribution in [0.3, 0.4) is 0 Å². The third kappa shape index (κ3) is 3.35. The molecule has 0 amide bonds. The van der Waals surface area contributed by atoms with Gasteiger partial charge >= 0.3 is 0 Å². The van der Waals surface area contributed by atoms with Gasteiger partial charge in [0.25, 0.3) is 0 Å². The Morgan fingerprint density at radius 1 is 1.04 bits per heavy atom. The molecule has 0 aliphatic heterocycles. The maximum atomic E-state index is 5.25. The molecule has 0 fully saturated rings. The van der Waals surface area contributed by atoms with Crippen molar-refractivity contribution in [3.63, 3.8) is 0 Å². The molecule has 2 aromatic heterocycles. The third-order valence-corrected chi connectivity index (χ3v) is 4.18. The van der Waals surface area contributed by atoms with Gasteiger partial charge in [-0.2, -0.15) is 4.98 Å². The zero-order valence-corrected chi connectivity index (χ0v) is 14.5. The molecular weight excluding hydrogens is 326 g/mol. The largest absolute Gasteiger partial charge is 0.497 e. The van der Waals surface area contributed by atoms with E-state index in [9.17, 15) is 0 Å². The summed E-state index contributed by atoms with van der Waals surface area (Å²) in [6, 6.07) is 18.0. The fourth-order valence-corrected chi connectivity index (χ4v) is 2.83. The standard InChI is InChI=1S/C20H19N5O/c1-26-16-7-8-18-17(13-16)23-14-25(18)19-10-12-22-20(24-19)21-11-9-15-5-3-2-4-6-15/h2-8,10,12-14H,9,11H2,1H3,(H,21,22,24). The summed E-state index contributed by atoms with van der Waals surface area (Å²) in [5.41, 5.74) is 3.12. The van der Waals surface area contributed by atoms with Crippen LogP contribution in [0.25, 0.3) is 16.9 Å². The molecule has 0 unspecified atom stereocenters. The molecule has 0 aliphatic carbocycles. The Bertz CT molecular complexity index is 1010. The lowest BCUT2D eigenvalue weighted by atomic mass is 10.1. The number of ether oxygens (including phenoxy) is 1. The van der Waals surface area contributed by atoms with E-state index in [1.165, 1.54) is 5.56 Å². The maximum Gasteiger partial charge on any atom is 0.224 e. The van der Waals surface area contributed by atoms with Crippen molar-refractivity contribution in [3.8, 4) is 11.6 Å². The van der Waals surface area contributed by atoms with E-state index in [1.807, 2.05) is 47.0 Å². The first kappa shape index (κ1) is 16.1. The highest BCUT2D eigenvalue weighted by molar-refractivity contribution is 5.78. The topological polar surface area (TPSA) is 64.9 Å². The monoisotopic (exact) mass is 345 g/mol. The Balaban J connectivity index is 1.52. The molecule has 2 aromatic carbocycles. The number of benzene rings is 2. The minimum absolute atomic E-state index is 0.605. The molecule has 4 rings (SSSR count). The summed E-state index contributed by atoms with van der Waals surface area (Å²) in [6.07, 6.45) is 4.44. The predicted octanol–water partition coefficient (Wildman–Crippen LogP) is 3.48. The van der Waals surface area contributed by atoms with Crippen LogP contribution >= 0.6 is 0 Å². The molecule has 0 atom stereocenters. The third-order valence-electron chi connectivity index (χ3n) is 4.18. The quantitative estimate of drug-likeness (QED) is 0.580. The van der Waals surface area contributed by atoms with Gasteiger partial charge in [-0.05, 0) is 30.2 Å². The fraction of sp³-hybridized carbons (Fsp3) is 0.150. The number of aromatic nitrogens is 4. The second kappa shape index (κ2) is 7.23. The zero-order valence-electron chi connectivity index (χ0n) is 14.5. The van der Waals surface area contributed by atoms with Crippen molar-refractivity contribution in [2.75, 3.05) is 19.0 Å². The number of hydrogen-bond donors (Lipinski definition) is 1. The highest BCUT2D eigenvalue weighted by Crippen LogP contribution is 2.22. The molecule has 0 radical (unpaired) electrons. The van der Waals surface area contributed by atoms with Gasteiger partial charge in [-0.1, -0.05) is 30.3 Å². The number of nitrogens with zero attached hydrogens (tertiary/aromatic N) is 4. The molecule has 26 heavy (non-hydrogen) atoms. The maximum absolute atomic E-state index is 5.25. The summed E-state index contributed by atoms with van der Waals surface area (Å²) in [6.45, 7) is 0.773. The van der Waals surface area contributed by atoms with Gasteiger partial charge in [-0.3, -0.25) is 4.57 Å². The van der Waals surface area contributed by atoms with Gasteiger partial charge in [0.1, 0.15) is 17.9 Å². The molecule has 0 saturated heterocycles. The van der Waals surface area contributed by atoms with Crippen LogP contribution in [0.15, 0.2) is 67.1 Å². The summed E-state index contributed by atoms with van der Waals surface area (Å²) >= 11 is 0. The molecule has 0 bridgehead atoms. The van der Waals surface area contributed by atoms with Crippen LogP contribution in [0, 0.1) is 0 Å². The highest BCUT2D eigenvalue weighted by atomic mass is 16.5. The van der Waals surface area contributed by atoms with Crippen LogP contribution in [0.1, 0.15) is 5.56 Å². The molecule has 6 nitrogen and oxygen atoms in total. The first-order chi connectivity index (χ1) is 12.8. The smallest absolute Gasteiger partial charge is 0.224 e. The molecule has 0 spiro atoms. The summed E-state index contributed by atoms with van der Waals surface area (Å²) in [5.74, 6) is 2.16. The number of imidazole rings is 1. The van der Waals surface area contributed by atoms with Crippen molar-refractivity contribution in [1.29, 1.82) is 0 Å². The van der Waals surface area contributed by atoms with E-state index in [0.29, 0.717) is 5.95 Å². The number of anilines is 1. The van der Waals surface area contributed by atoms with E-state index in [4.69, 9.17) is 4.74 Å². The SMILES string of the molecule is COc1ccc2c(c1)ncn2-c1ccnc(NCCc2ccccc2)n1. The lowest BCUT2D eigenvalue weighted by Crippen LogP contribution is -2.09. The van der Waals surface area contributed by atoms with Crippen LogP contribution in [0.2, 0.25) is 0 Å². The van der Waals surface area contributed by atoms with Crippen LogP contribution in [0.5, 0.6) is 5.75 Å². The van der Waals surface area contributed by atoms with Gasteiger partial charge in [-0.25, -0.2) is 9.97 Å². The number of fused-ring (bicyclic) bond motifs is 1. The first-order valence-corrected chi connectivity index (χ1v) is 8.46. The van der Waals surface area contributed by atoms with Crippen LogP contribution in [0.4, 0.5) is 5.95 Å². The summed E-state index contributed by atoms with van der Waals surface area (Å²) in [7, 11) is 1.65. The number of rotatable bonds is 6. The van der Waals surface area contributed by atoms with Crippen LogP contribution in [-0.4, -0.2) is 33.2 Å². The molecule has 0 aliphatic rings. The van der Waals surface area contributed by atoms with Gasteiger partial charge in [0.05, 0.1) is 18.1 Å². The lowest BCUT2D eigenvalue weighted by molar-refractivity contribution is 0.415. The van der Waals surface area contributed by atoms with Crippen molar-refractivity contribution in [2.24, 2.45) is 0 Å². The summed E-state index contributed by atoms with van der Waals surface area (Å²) in [5, 5.41) is 3.29. The Kier molecular flexibility index (Phi) is 4.47. The minimum atomic E-state index is 0.605. The van der Waals surface area contributed by atoms with Crippen LogP contribution < -0.4 is 10.1 Å². The van der Waals surface area contributed by atoms with E-state index in [1.54, 1.807) is 19.6 Å². The van der Waals surface area contributed by atoms with Crippen LogP contribution in [-0.2, 0) is 6.42 Å². The first-order valence-electron chi connectivity index (χ1n) is 8.46. The Morgan fingerprint density at radius 2 is 1.92 bits per heavy atom. The number of nitrogens with one attached hydrogen (secondary N) is 1. The molecule has 4 aromatic rings. The summed E-state index contributed by atoms with van der Waals surface area (Å²) in [4.78, 5) is 13.4. The van der Waals surface area contributed by atoms with Gasteiger partial charge in [-0.15, -0.1) is 0 Å². The zero-order chi connectivity index (χ0) is 17.8. The van der Waals surface area contributed by atoms with Crippen molar-refractivity contribution >= 4 is 17.0 Å². The second-order valence-corrected chi connectivity index (χ2v) is 5.87. The van der Waals surface area contributed by atoms with Crippen molar-refractivity contribution in [3.05, 3.63) is 72.7 Å². The van der Waals surface area contributed by atoms with Gasteiger partial charge < -0.3 is 10.1 Å². The average Bonchev–Trinajstić information content (AvgIpc) is 3.12. The molecule has 1 N–H and O–H groups in total. The Hall–Kier alpha value is -3.41. The van der Waals surface area contributed by atoms with E-state index in [0.717, 1.165) is 35.6 Å². The van der Waals surface area contributed by atoms with E-state index in [-0.39, 0.29) is 0 Å². The Morgan fingerprint density at radius 3 is 2.77 bits per heavy atom. The van der Waals surface area contributed by atoms with E-state index >= 15 is 0 Å². The molecular formula is C20H19N5O. The molecule has 0 saturated carbocycles. The van der Waals surface area contributed by atoms with Crippen molar-refractivity contribution in [2.45, 2.75) is 6.42 Å². The fourth-order valence-electron chi connectivity index (χ4n) is 2.83. The lowest BCUT2D eigenvalue weighted by Gasteiger charge is -2.08.